The van der Waals surface area contributed by atoms with Crippen LogP contribution in [0.3, 0.4) is 0 Å². The van der Waals surface area contributed by atoms with E-state index in [0.717, 1.165) is 91.3 Å². The number of rotatable bonds is 54. The van der Waals surface area contributed by atoms with E-state index >= 15 is 0 Å². The topological polar surface area (TPSA) is 27.7 Å². The molecule has 0 saturated heterocycles. The maximum absolute atomic E-state index is 7.34. The molecule has 0 aliphatic heterocycles. The number of benzene rings is 3. The summed E-state index contributed by atoms with van der Waals surface area (Å²) in [5, 5.41) is 0. The molecule has 3 aromatic carbocycles. The first-order valence-corrected chi connectivity index (χ1v) is 37.0. The van der Waals surface area contributed by atoms with Crippen molar-refractivity contribution in [2.24, 2.45) is 35.5 Å². The normalized spacial score (nSPS) is 12.0. The molecule has 3 aromatic rings. The number of hydrogen-bond acceptors (Lipinski definition) is 3. The molecule has 4 heteroatoms. The Kier molecular flexibility index (Phi) is 42.8. The Labute approximate surface area is 513 Å². The summed E-state index contributed by atoms with van der Waals surface area (Å²) in [7, 11) is -1.84. The molecule has 0 N–H and O–H groups in total. The summed E-state index contributed by atoms with van der Waals surface area (Å²) in [6.45, 7) is 28.3. The molecule has 82 heavy (non-hydrogen) atoms. The Morgan fingerprint density at radius 2 is 0.415 bits per heavy atom. The van der Waals surface area contributed by atoms with Gasteiger partial charge in [0.2, 0.25) is 0 Å². The van der Waals surface area contributed by atoms with Gasteiger partial charge in [-0.2, -0.15) is 0 Å². The molecule has 0 bridgehead atoms. The van der Waals surface area contributed by atoms with Gasteiger partial charge in [0.15, 0.2) is 0 Å². The highest BCUT2D eigenvalue weighted by Gasteiger charge is 2.25. The Morgan fingerprint density at radius 1 is 0.232 bits per heavy atom. The molecule has 0 spiro atoms. The monoisotopic (exact) mass is 1150 g/mol. The van der Waals surface area contributed by atoms with E-state index < -0.39 is 8.60 Å². The van der Waals surface area contributed by atoms with Crippen molar-refractivity contribution >= 4 is 8.60 Å². The molecule has 0 amide bonds. The van der Waals surface area contributed by atoms with Crippen molar-refractivity contribution in [3.8, 4) is 17.2 Å². The van der Waals surface area contributed by atoms with Crippen LogP contribution in [-0.2, 0) is 38.5 Å². The zero-order chi connectivity index (χ0) is 59.4. The SMILES string of the molecule is CC(C)CCCCCCCc1ccc(OP(Oc2ccc(CCCCCCCC(C)C)cc2CCCCCCCC(C)C)Oc2ccc(CCCCCCCC(C)C)cc2CCCCCCCC(C)C)c(CCCCCCCC(C)C)c1. The van der Waals surface area contributed by atoms with Crippen LogP contribution in [0.2, 0.25) is 0 Å². The van der Waals surface area contributed by atoms with Crippen LogP contribution in [0, 0.1) is 35.5 Å². The summed E-state index contributed by atoms with van der Waals surface area (Å²) in [6, 6.07) is 21.4. The van der Waals surface area contributed by atoms with Crippen molar-refractivity contribution in [2.75, 3.05) is 0 Å². The molecule has 0 radical (unpaired) electrons. The van der Waals surface area contributed by atoms with Gasteiger partial charge in [-0.25, -0.2) is 0 Å². The second kappa shape index (κ2) is 47.6. The number of aryl methyl sites for hydroxylation is 6. The lowest BCUT2D eigenvalue weighted by atomic mass is 9.98. The Balaban J connectivity index is 2.03. The minimum Gasteiger partial charge on any atom is -0.408 e. The summed E-state index contributed by atoms with van der Waals surface area (Å²) in [4.78, 5) is 0. The van der Waals surface area contributed by atoms with E-state index in [1.54, 1.807) is 0 Å². The first-order chi connectivity index (χ1) is 39.7. The quantitative estimate of drug-likeness (QED) is 0.0416. The fourth-order valence-electron chi connectivity index (χ4n) is 11.9. The van der Waals surface area contributed by atoms with Crippen LogP contribution in [-0.4, -0.2) is 0 Å². The van der Waals surface area contributed by atoms with E-state index in [4.69, 9.17) is 13.6 Å². The largest absolute Gasteiger partial charge is 0.530 e. The van der Waals surface area contributed by atoms with Crippen molar-refractivity contribution in [1.82, 2.24) is 0 Å². The molecular weight excluding hydrogens is 1020 g/mol. The van der Waals surface area contributed by atoms with Crippen molar-refractivity contribution in [3.05, 3.63) is 88.0 Å². The van der Waals surface area contributed by atoms with Crippen molar-refractivity contribution in [3.63, 3.8) is 0 Å². The molecule has 0 aliphatic carbocycles. The molecule has 0 aromatic heterocycles. The molecule has 0 aliphatic rings. The van der Waals surface area contributed by atoms with Crippen LogP contribution in [0.4, 0.5) is 0 Å². The average Bonchev–Trinajstić information content (AvgIpc) is 3.53. The molecule has 470 valence electrons. The lowest BCUT2D eigenvalue weighted by Crippen LogP contribution is -2.07. The second-order valence-corrected chi connectivity index (χ2v) is 29.5. The van der Waals surface area contributed by atoms with E-state index in [9.17, 15) is 0 Å². The summed E-state index contributed by atoms with van der Waals surface area (Å²) in [5.41, 5.74) is 8.32. The molecular formula is C78H135O3P. The third kappa shape index (κ3) is 38.5. The van der Waals surface area contributed by atoms with E-state index in [0.29, 0.717) is 0 Å². The Bertz CT molecular complexity index is 1740. The lowest BCUT2D eigenvalue weighted by molar-refractivity contribution is 0.381. The fraction of sp³-hybridized carbons (Fsp3) is 0.769. The summed E-state index contributed by atoms with van der Waals surface area (Å²) in [6.07, 6.45) is 53.7. The molecule has 0 fully saturated rings. The van der Waals surface area contributed by atoms with Crippen LogP contribution in [0.25, 0.3) is 0 Å². The van der Waals surface area contributed by atoms with Crippen LogP contribution < -0.4 is 13.6 Å². The maximum Gasteiger partial charge on any atom is 0.530 e. The molecule has 3 rings (SSSR count). The first-order valence-electron chi connectivity index (χ1n) is 35.9. The molecule has 0 saturated carbocycles. The van der Waals surface area contributed by atoms with Crippen molar-refractivity contribution in [2.45, 2.75) is 353 Å². The second-order valence-electron chi connectivity index (χ2n) is 28.5. The van der Waals surface area contributed by atoms with E-state index in [2.05, 4.69) is 138 Å². The maximum atomic E-state index is 7.34. The molecule has 0 heterocycles. The van der Waals surface area contributed by atoms with Crippen LogP contribution in [0.1, 0.15) is 348 Å². The predicted molar refractivity (Wildman–Crippen MR) is 366 cm³/mol. The smallest absolute Gasteiger partial charge is 0.408 e. The van der Waals surface area contributed by atoms with Crippen LogP contribution in [0.5, 0.6) is 17.2 Å². The van der Waals surface area contributed by atoms with Gasteiger partial charge in [0.1, 0.15) is 17.2 Å². The highest BCUT2D eigenvalue weighted by atomic mass is 31.2. The van der Waals surface area contributed by atoms with Gasteiger partial charge in [-0.15, -0.1) is 0 Å². The lowest BCUT2D eigenvalue weighted by Gasteiger charge is -2.23. The van der Waals surface area contributed by atoms with E-state index in [1.165, 1.54) is 265 Å². The standard InChI is InChI=1S/C78H135O3P/c1-64(2)43-31-19-13-25-37-49-70-55-58-76(73(61-70)52-40-28-16-22-34-46-67(7)8)79-82(80-77-59-56-71(50-38-26-14-20-32-44-65(3)4)62-74(77)53-41-29-17-23-35-47-68(9)10)81-78-60-57-72(51-39-27-15-21-33-45-66(5)6)63-75(78)54-42-30-18-24-36-48-69(11)12/h55-69H,13-54H2,1-12H3. The molecule has 0 atom stereocenters. The zero-order valence-electron chi connectivity index (χ0n) is 56.5. The van der Waals surface area contributed by atoms with Crippen LogP contribution >= 0.6 is 8.60 Å². The summed E-state index contributed by atoms with van der Waals surface area (Å²) < 4.78 is 22.0. The van der Waals surface area contributed by atoms with E-state index in [-0.39, 0.29) is 0 Å². The van der Waals surface area contributed by atoms with Gasteiger partial charge >= 0.3 is 8.60 Å². The fourth-order valence-corrected chi connectivity index (χ4v) is 13.1. The van der Waals surface area contributed by atoms with Gasteiger partial charge in [-0.3, -0.25) is 0 Å². The first kappa shape index (κ1) is 73.7. The average molecular weight is 1150 g/mol. The third-order valence-corrected chi connectivity index (χ3v) is 18.4. The van der Waals surface area contributed by atoms with Crippen molar-refractivity contribution < 1.29 is 13.6 Å². The van der Waals surface area contributed by atoms with Gasteiger partial charge in [0.25, 0.3) is 0 Å². The summed E-state index contributed by atoms with van der Waals surface area (Å²) in [5.74, 6) is 7.63. The van der Waals surface area contributed by atoms with Gasteiger partial charge in [0.05, 0.1) is 0 Å². The highest BCUT2D eigenvalue weighted by Crippen LogP contribution is 2.46. The number of unbranched alkanes of at least 4 members (excludes halogenated alkanes) is 24. The molecule has 0 unspecified atom stereocenters. The minimum atomic E-state index is -1.84. The van der Waals surface area contributed by atoms with Gasteiger partial charge < -0.3 is 13.6 Å². The van der Waals surface area contributed by atoms with Gasteiger partial charge in [-0.1, -0.05) is 312 Å². The highest BCUT2D eigenvalue weighted by molar-refractivity contribution is 7.43. The third-order valence-electron chi connectivity index (χ3n) is 17.3. The zero-order valence-corrected chi connectivity index (χ0v) is 57.4. The van der Waals surface area contributed by atoms with Gasteiger partial charge in [-0.05, 0) is 164 Å². The van der Waals surface area contributed by atoms with E-state index in [1.807, 2.05) is 0 Å². The van der Waals surface area contributed by atoms with Crippen LogP contribution in [0.15, 0.2) is 54.6 Å². The number of hydrogen-bond donors (Lipinski definition) is 0. The molecule has 3 nitrogen and oxygen atoms in total. The van der Waals surface area contributed by atoms with Gasteiger partial charge in [0, 0.05) is 0 Å². The minimum absolute atomic E-state index is 0.789. The predicted octanol–water partition coefficient (Wildman–Crippen LogP) is 26.7. The summed E-state index contributed by atoms with van der Waals surface area (Å²) >= 11 is 0. The Morgan fingerprint density at radius 3 is 0.622 bits per heavy atom. The Hall–Kier alpha value is -2.51. The van der Waals surface area contributed by atoms with Crippen molar-refractivity contribution in [1.29, 1.82) is 0 Å².